The third-order valence-corrected chi connectivity index (χ3v) is 3.37. The van der Waals surface area contributed by atoms with Crippen LogP contribution in [0.15, 0.2) is 30.5 Å². The molecule has 1 N–H and O–H groups in total. The molecule has 2 nitrogen and oxygen atoms in total. The van der Waals surface area contributed by atoms with Gasteiger partial charge in [0.25, 0.3) is 0 Å². The number of ketones is 1. The van der Waals surface area contributed by atoms with Crippen LogP contribution in [-0.4, -0.2) is 10.8 Å². The number of carbonyl (C=O) groups excluding carboxylic acids is 1. The van der Waals surface area contributed by atoms with Gasteiger partial charge < -0.3 is 4.98 Å². The number of benzene rings is 1. The number of hydrogen-bond donors (Lipinski definition) is 1. The van der Waals surface area contributed by atoms with E-state index in [-0.39, 0.29) is 0 Å². The van der Waals surface area contributed by atoms with Gasteiger partial charge in [0.1, 0.15) is 5.78 Å². The first kappa shape index (κ1) is 12.9. The molecule has 0 aliphatic carbocycles. The van der Waals surface area contributed by atoms with Crippen molar-refractivity contribution in [2.24, 2.45) is 0 Å². The fourth-order valence-corrected chi connectivity index (χ4v) is 2.33. The number of aromatic nitrogens is 1. The van der Waals surface area contributed by atoms with Crippen LogP contribution >= 0.6 is 0 Å². The molecule has 0 amide bonds. The predicted octanol–water partition coefficient (Wildman–Crippen LogP) is 4.25. The lowest BCUT2D eigenvalue weighted by Gasteiger charge is -2.00. The summed E-state index contributed by atoms with van der Waals surface area (Å²) in [4.78, 5) is 15.1. The van der Waals surface area contributed by atoms with Crippen molar-refractivity contribution >= 4 is 16.7 Å². The molecular weight excluding hydrogens is 222 g/mol. The predicted molar refractivity (Wildman–Crippen MR) is 75.8 cm³/mol. The molecule has 0 fully saturated rings. The van der Waals surface area contributed by atoms with Crippen molar-refractivity contribution in [1.29, 1.82) is 0 Å². The first-order chi connectivity index (χ1) is 8.81. The van der Waals surface area contributed by atoms with E-state index in [9.17, 15) is 4.79 Å². The number of aromatic amines is 1. The van der Waals surface area contributed by atoms with E-state index in [0.29, 0.717) is 12.2 Å². The number of nitrogens with one attached hydrogen (secondary N) is 1. The Labute approximate surface area is 108 Å². The molecule has 2 aromatic rings. The minimum atomic E-state index is 0.357. The lowest BCUT2D eigenvalue weighted by atomic mass is 10.0. The molecular formula is C16H21NO. The molecule has 0 saturated heterocycles. The van der Waals surface area contributed by atoms with Gasteiger partial charge in [-0.15, -0.1) is 0 Å². The second-order valence-corrected chi connectivity index (χ2v) is 4.89. The van der Waals surface area contributed by atoms with Crippen molar-refractivity contribution in [3.8, 4) is 0 Å². The third-order valence-electron chi connectivity index (χ3n) is 3.37. The normalized spacial score (nSPS) is 10.9. The van der Waals surface area contributed by atoms with E-state index in [1.165, 1.54) is 24.6 Å². The van der Waals surface area contributed by atoms with E-state index in [1.807, 2.05) is 24.4 Å². The summed E-state index contributed by atoms with van der Waals surface area (Å²) in [6.07, 6.45) is 7.92. The molecule has 2 rings (SSSR count). The van der Waals surface area contributed by atoms with Crippen LogP contribution in [0.5, 0.6) is 0 Å². The van der Waals surface area contributed by atoms with Crippen molar-refractivity contribution in [3.63, 3.8) is 0 Å². The largest absolute Gasteiger partial charge is 0.361 e. The van der Waals surface area contributed by atoms with Crippen LogP contribution in [0.3, 0.4) is 0 Å². The molecule has 0 aliphatic rings. The molecule has 1 heterocycles. The number of hydrogen-bond acceptors (Lipinski definition) is 1. The molecule has 0 aliphatic heterocycles. The lowest BCUT2D eigenvalue weighted by molar-refractivity contribution is -0.118. The molecule has 1 aromatic heterocycles. The van der Waals surface area contributed by atoms with Crippen molar-refractivity contribution in [2.45, 2.75) is 45.4 Å². The van der Waals surface area contributed by atoms with Crippen LogP contribution in [0.4, 0.5) is 0 Å². The molecule has 0 unspecified atom stereocenters. The van der Waals surface area contributed by atoms with Crippen molar-refractivity contribution in [3.05, 3.63) is 36.0 Å². The molecule has 0 saturated carbocycles. The van der Waals surface area contributed by atoms with E-state index in [0.717, 1.165) is 23.9 Å². The number of Topliss-reactive ketones (excluding diaryl/α,β-unsaturated/α-hetero) is 1. The van der Waals surface area contributed by atoms with E-state index in [4.69, 9.17) is 0 Å². The van der Waals surface area contributed by atoms with Gasteiger partial charge in [0.05, 0.1) is 0 Å². The van der Waals surface area contributed by atoms with E-state index in [1.54, 1.807) is 0 Å². The Morgan fingerprint density at radius 1 is 1.17 bits per heavy atom. The van der Waals surface area contributed by atoms with Gasteiger partial charge in [0.15, 0.2) is 0 Å². The van der Waals surface area contributed by atoms with Gasteiger partial charge in [-0.25, -0.2) is 0 Å². The summed E-state index contributed by atoms with van der Waals surface area (Å²) in [5.74, 6) is 0.357. The van der Waals surface area contributed by atoms with Crippen LogP contribution in [0, 0.1) is 0 Å². The zero-order chi connectivity index (χ0) is 12.8. The lowest BCUT2D eigenvalue weighted by Crippen LogP contribution is -2.01. The Hall–Kier alpha value is -1.57. The standard InChI is InChI=1S/C16H21NO/c1-2-3-4-5-8-14(18)11-13-12-17-16-10-7-6-9-15(13)16/h6-7,9-10,12,17H,2-5,8,11H2,1H3. The Kier molecular flexibility index (Phi) is 4.57. The molecule has 0 spiro atoms. The van der Waals surface area contributed by atoms with Crippen molar-refractivity contribution < 1.29 is 4.79 Å². The number of rotatable bonds is 7. The van der Waals surface area contributed by atoms with Gasteiger partial charge in [0, 0.05) is 29.9 Å². The number of unbranched alkanes of at least 4 members (excludes halogenated alkanes) is 3. The fraction of sp³-hybridized carbons (Fsp3) is 0.438. The maximum absolute atomic E-state index is 11.9. The Bertz CT molecular complexity index is 513. The summed E-state index contributed by atoms with van der Waals surface area (Å²) in [7, 11) is 0. The zero-order valence-corrected chi connectivity index (χ0v) is 11.0. The van der Waals surface area contributed by atoms with Gasteiger partial charge >= 0.3 is 0 Å². The van der Waals surface area contributed by atoms with Crippen LogP contribution in [-0.2, 0) is 11.2 Å². The van der Waals surface area contributed by atoms with Crippen LogP contribution in [0.2, 0.25) is 0 Å². The highest BCUT2D eigenvalue weighted by Gasteiger charge is 2.08. The summed E-state index contributed by atoms with van der Waals surface area (Å²) < 4.78 is 0. The van der Waals surface area contributed by atoms with Crippen molar-refractivity contribution in [1.82, 2.24) is 4.98 Å². The van der Waals surface area contributed by atoms with Gasteiger partial charge in [0.2, 0.25) is 0 Å². The quantitative estimate of drug-likeness (QED) is 0.724. The summed E-state index contributed by atoms with van der Waals surface area (Å²) in [5.41, 5.74) is 2.25. The third kappa shape index (κ3) is 3.22. The summed E-state index contributed by atoms with van der Waals surface area (Å²) in [6, 6.07) is 8.15. The molecule has 18 heavy (non-hydrogen) atoms. The van der Waals surface area contributed by atoms with Gasteiger partial charge in [-0.1, -0.05) is 44.4 Å². The minimum absolute atomic E-state index is 0.357. The molecule has 0 bridgehead atoms. The number of fused-ring (bicyclic) bond motifs is 1. The zero-order valence-electron chi connectivity index (χ0n) is 11.0. The molecule has 0 radical (unpaired) electrons. The smallest absolute Gasteiger partial charge is 0.137 e. The maximum Gasteiger partial charge on any atom is 0.137 e. The van der Waals surface area contributed by atoms with Gasteiger partial charge in [-0.05, 0) is 18.1 Å². The molecule has 2 heteroatoms. The summed E-state index contributed by atoms with van der Waals surface area (Å²) in [5, 5.41) is 1.18. The van der Waals surface area contributed by atoms with Crippen LogP contribution in [0.1, 0.15) is 44.6 Å². The van der Waals surface area contributed by atoms with E-state index in [2.05, 4.69) is 18.0 Å². The monoisotopic (exact) mass is 243 g/mol. The van der Waals surface area contributed by atoms with Crippen molar-refractivity contribution in [2.75, 3.05) is 0 Å². The van der Waals surface area contributed by atoms with E-state index >= 15 is 0 Å². The van der Waals surface area contributed by atoms with Crippen LogP contribution < -0.4 is 0 Å². The summed E-state index contributed by atoms with van der Waals surface area (Å²) >= 11 is 0. The van der Waals surface area contributed by atoms with Gasteiger partial charge in [-0.3, -0.25) is 4.79 Å². The first-order valence-corrected chi connectivity index (χ1v) is 6.88. The van der Waals surface area contributed by atoms with Gasteiger partial charge in [-0.2, -0.15) is 0 Å². The Morgan fingerprint density at radius 3 is 2.83 bits per heavy atom. The summed E-state index contributed by atoms with van der Waals surface area (Å²) in [6.45, 7) is 2.19. The molecule has 0 atom stereocenters. The van der Waals surface area contributed by atoms with E-state index < -0.39 is 0 Å². The number of H-pyrrole nitrogens is 1. The second kappa shape index (κ2) is 6.39. The maximum atomic E-state index is 11.9. The highest BCUT2D eigenvalue weighted by molar-refractivity contribution is 5.89. The number of para-hydroxylation sites is 1. The number of carbonyl (C=O) groups is 1. The minimum Gasteiger partial charge on any atom is -0.361 e. The highest BCUT2D eigenvalue weighted by atomic mass is 16.1. The Balaban J connectivity index is 1.91. The van der Waals surface area contributed by atoms with Crippen LogP contribution in [0.25, 0.3) is 10.9 Å². The first-order valence-electron chi connectivity index (χ1n) is 6.88. The second-order valence-electron chi connectivity index (χ2n) is 4.89. The molecule has 96 valence electrons. The average molecular weight is 243 g/mol. The molecule has 1 aromatic carbocycles. The SMILES string of the molecule is CCCCCCC(=O)Cc1c[nH]c2ccccc12. The average Bonchev–Trinajstić information content (AvgIpc) is 2.78. The Morgan fingerprint density at radius 2 is 2.00 bits per heavy atom. The topological polar surface area (TPSA) is 32.9 Å². The highest BCUT2D eigenvalue weighted by Crippen LogP contribution is 2.19. The fourth-order valence-electron chi connectivity index (χ4n) is 2.33.